The van der Waals surface area contributed by atoms with E-state index in [0.29, 0.717) is 5.75 Å². The van der Waals surface area contributed by atoms with Crippen molar-refractivity contribution < 1.29 is 9.47 Å². The fourth-order valence-electron chi connectivity index (χ4n) is 1.70. The van der Waals surface area contributed by atoms with Crippen molar-refractivity contribution in [2.45, 2.75) is 31.2 Å². The summed E-state index contributed by atoms with van der Waals surface area (Å²) in [6.45, 7) is 0. The number of hydrogen-bond donors (Lipinski definition) is 1. The smallest absolute Gasteiger partial charge is 0.179 e. The Hall–Kier alpha value is -1.29. The number of aromatic nitrogens is 1. The van der Waals surface area contributed by atoms with E-state index in [2.05, 4.69) is 4.98 Å². The summed E-state index contributed by atoms with van der Waals surface area (Å²) in [5.41, 5.74) is 7.12. The number of ether oxygens (including phenoxy) is 2. The van der Waals surface area contributed by atoms with Crippen LogP contribution in [0.4, 0.5) is 0 Å². The number of hydrogen-bond acceptors (Lipinski definition) is 4. The normalized spacial score (nSPS) is 16.9. The highest BCUT2D eigenvalue weighted by Gasteiger charge is 2.37. The Kier molecular flexibility index (Phi) is 3.01. The van der Waals surface area contributed by atoms with E-state index >= 15 is 0 Å². The Morgan fingerprint density at radius 1 is 1.31 bits per heavy atom. The predicted octanol–water partition coefficient (Wildman–Crippen LogP) is 1.52. The molecular formula is C12H18N2O2. The van der Waals surface area contributed by atoms with Crippen LogP contribution in [-0.4, -0.2) is 24.7 Å². The second-order valence-corrected chi connectivity index (χ2v) is 4.39. The topological polar surface area (TPSA) is 57.4 Å². The summed E-state index contributed by atoms with van der Waals surface area (Å²) >= 11 is 0. The van der Waals surface area contributed by atoms with Gasteiger partial charge in [0, 0.05) is 17.3 Å². The minimum atomic E-state index is 0.0782. The molecule has 1 aliphatic carbocycles. The molecule has 1 aromatic heterocycles. The molecule has 0 saturated heterocycles. The maximum atomic E-state index is 6.04. The zero-order valence-electron chi connectivity index (χ0n) is 9.82. The fraction of sp³-hybridized carbons (Fsp3) is 0.583. The minimum absolute atomic E-state index is 0.0782. The highest BCUT2D eigenvalue weighted by molar-refractivity contribution is 5.38. The van der Waals surface area contributed by atoms with Gasteiger partial charge in [-0.1, -0.05) is 0 Å². The summed E-state index contributed by atoms with van der Waals surface area (Å²) in [6.07, 6.45) is 5.87. The molecule has 4 nitrogen and oxygen atoms in total. The standard InChI is InChI=1S/C12H18N2O2/c1-15-10-7-9(14-8-11(10)16-2)3-4-12(13)5-6-12/h7-8H,3-6,13H2,1-2H3. The van der Waals surface area contributed by atoms with E-state index in [0.717, 1.165) is 37.1 Å². The van der Waals surface area contributed by atoms with Gasteiger partial charge < -0.3 is 15.2 Å². The first kappa shape index (κ1) is 11.2. The molecule has 0 bridgehead atoms. The molecular weight excluding hydrogens is 204 g/mol. The highest BCUT2D eigenvalue weighted by Crippen LogP contribution is 2.36. The van der Waals surface area contributed by atoms with E-state index in [-0.39, 0.29) is 5.54 Å². The predicted molar refractivity (Wildman–Crippen MR) is 61.8 cm³/mol. The fourth-order valence-corrected chi connectivity index (χ4v) is 1.70. The zero-order chi connectivity index (χ0) is 11.6. The molecule has 1 aliphatic rings. The van der Waals surface area contributed by atoms with Crippen LogP contribution in [0.5, 0.6) is 11.5 Å². The van der Waals surface area contributed by atoms with Crippen LogP contribution in [0, 0.1) is 0 Å². The molecule has 0 amide bonds. The molecule has 0 aromatic carbocycles. The molecule has 1 aromatic rings. The Labute approximate surface area is 95.8 Å². The summed E-state index contributed by atoms with van der Waals surface area (Å²) in [4.78, 5) is 4.33. The molecule has 1 saturated carbocycles. The molecule has 0 aliphatic heterocycles. The van der Waals surface area contributed by atoms with Gasteiger partial charge in [-0.2, -0.15) is 0 Å². The second-order valence-electron chi connectivity index (χ2n) is 4.39. The summed E-state index contributed by atoms with van der Waals surface area (Å²) in [7, 11) is 3.24. The van der Waals surface area contributed by atoms with Gasteiger partial charge in [-0.05, 0) is 25.7 Å². The lowest BCUT2D eigenvalue weighted by atomic mass is 10.1. The molecule has 4 heteroatoms. The number of methoxy groups -OCH3 is 2. The summed E-state index contributed by atoms with van der Waals surface area (Å²) in [5, 5.41) is 0. The maximum absolute atomic E-state index is 6.04. The molecule has 0 radical (unpaired) electrons. The molecule has 88 valence electrons. The molecule has 0 spiro atoms. The lowest BCUT2D eigenvalue weighted by molar-refractivity contribution is 0.352. The highest BCUT2D eigenvalue weighted by atomic mass is 16.5. The van der Waals surface area contributed by atoms with Crippen molar-refractivity contribution in [1.29, 1.82) is 0 Å². The Morgan fingerprint density at radius 2 is 2.00 bits per heavy atom. The number of nitrogens with two attached hydrogens (primary N) is 1. The third-order valence-electron chi connectivity index (χ3n) is 3.10. The van der Waals surface area contributed by atoms with Crippen LogP contribution in [0.1, 0.15) is 25.0 Å². The van der Waals surface area contributed by atoms with E-state index in [1.165, 1.54) is 0 Å². The van der Waals surface area contributed by atoms with Gasteiger partial charge in [0.05, 0.1) is 20.4 Å². The lowest BCUT2D eigenvalue weighted by Gasteiger charge is -2.10. The third kappa shape index (κ3) is 2.44. The zero-order valence-corrected chi connectivity index (χ0v) is 9.82. The van der Waals surface area contributed by atoms with Crippen LogP contribution in [0.2, 0.25) is 0 Å². The third-order valence-corrected chi connectivity index (χ3v) is 3.10. The van der Waals surface area contributed by atoms with Crippen LogP contribution in [0.3, 0.4) is 0 Å². The first-order valence-electron chi connectivity index (χ1n) is 5.53. The van der Waals surface area contributed by atoms with Gasteiger partial charge in [-0.25, -0.2) is 0 Å². The first-order valence-corrected chi connectivity index (χ1v) is 5.53. The number of aryl methyl sites for hydroxylation is 1. The minimum Gasteiger partial charge on any atom is -0.493 e. The van der Waals surface area contributed by atoms with Gasteiger partial charge in [-0.15, -0.1) is 0 Å². The van der Waals surface area contributed by atoms with Crippen molar-refractivity contribution in [3.63, 3.8) is 0 Å². The van der Waals surface area contributed by atoms with E-state index in [1.807, 2.05) is 6.07 Å². The van der Waals surface area contributed by atoms with Crippen molar-refractivity contribution in [2.75, 3.05) is 14.2 Å². The van der Waals surface area contributed by atoms with Crippen LogP contribution >= 0.6 is 0 Å². The Bertz CT molecular complexity index is 375. The molecule has 0 unspecified atom stereocenters. The van der Waals surface area contributed by atoms with Gasteiger partial charge in [0.15, 0.2) is 11.5 Å². The van der Waals surface area contributed by atoms with E-state index in [4.69, 9.17) is 15.2 Å². The largest absolute Gasteiger partial charge is 0.493 e. The Morgan fingerprint density at radius 3 is 2.56 bits per heavy atom. The molecule has 2 N–H and O–H groups in total. The van der Waals surface area contributed by atoms with Gasteiger partial charge in [-0.3, -0.25) is 4.98 Å². The van der Waals surface area contributed by atoms with Gasteiger partial charge in [0.1, 0.15) is 0 Å². The number of pyridine rings is 1. The van der Waals surface area contributed by atoms with Crippen molar-refractivity contribution in [1.82, 2.24) is 4.98 Å². The average molecular weight is 222 g/mol. The SMILES string of the molecule is COc1cnc(CCC2(N)CC2)cc1OC. The molecule has 1 fully saturated rings. The summed E-state index contributed by atoms with van der Waals surface area (Å²) < 4.78 is 10.4. The molecule has 1 heterocycles. The number of rotatable bonds is 5. The van der Waals surface area contributed by atoms with E-state index in [1.54, 1.807) is 20.4 Å². The van der Waals surface area contributed by atoms with Crippen molar-refractivity contribution >= 4 is 0 Å². The van der Waals surface area contributed by atoms with E-state index < -0.39 is 0 Å². The first-order chi connectivity index (χ1) is 7.67. The van der Waals surface area contributed by atoms with Gasteiger partial charge >= 0.3 is 0 Å². The molecule has 0 atom stereocenters. The van der Waals surface area contributed by atoms with Crippen molar-refractivity contribution in [2.24, 2.45) is 5.73 Å². The monoisotopic (exact) mass is 222 g/mol. The Balaban J connectivity index is 2.04. The molecule has 2 rings (SSSR count). The van der Waals surface area contributed by atoms with Crippen LogP contribution in [0.15, 0.2) is 12.3 Å². The second kappa shape index (κ2) is 4.29. The average Bonchev–Trinajstić information content (AvgIpc) is 3.05. The number of nitrogens with zero attached hydrogens (tertiary/aromatic N) is 1. The van der Waals surface area contributed by atoms with Crippen molar-refractivity contribution in [3.05, 3.63) is 18.0 Å². The van der Waals surface area contributed by atoms with Gasteiger partial charge in [0.2, 0.25) is 0 Å². The van der Waals surface area contributed by atoms with Gasteiger partial charge in [0.25, 0.3) is 0 Å². The van der Waals surface area contributed by atoms with Crippen LogP contribution < -0.4 is 15.2 Å². The van der Waals surface area contributed by atoms with E-state index in [9.17, 15) is 0 Å². The van der Waals surface area contributed by atoms with Crippen molar-refractivity contribution in [3.8, 4) is 11.5 Å². The molecule has 16 heavy (non-hydrogen) atoms. The lowest BCUT2D eigenvalue weighted by Crippen LogP contribution is -2.22. The van der Waals surface area contributed by atoms with Crippen LogP contribution in [0.25, 0.3) is 0 Å². The summed E-state index contributed by atoms with van der Waals surface area (Å²) in [6, 6.07) is 1.92. The maximum Gasteiger partial charge on any atom is 0.179 e. The summed E-state index contributed by atoms with van der Waals surface area (Å²) in [5.74, 6) is 1.40. The van der Waals surface area contributed by atoms with Crippen LogP contribution in [-0.2, 0) is 6.42 Å². The quantitative estimate of drug-likeness (QED) is 0.820.